The third-order valence-corrected chi connectivity index (χ3v) is 1.47. The smallest absolute Gasteiger partial charge is 0.223 e. The molecule has 3 heteroatoms. The molecule has 0 aromatic carbocycles. The SMILES string of the molecule is Cc1cc(C)nc(NC(C)(C)C)n1. The second kappa shape index (κ2) is 3.32. The van der Waals surface area contributed by atoms with Gasteiger partial charge in [0.1, 0.15) is 0 Å². The molecule has 1 aromatic rings. The van der Waals surface area contributed by atoms with Crippen LogP contribution in [0.5, 0.6) is 0 Å². The molecule has 0 aliphatic carbocycles. The molecule has 1 aromatic heterocycles. The fourth-order valence-corrected chi connectivity index (χ4v) is 1.12. The van der Waals surface area contributed by atoms with E-state index >= 15 is 0 Å². The van der Waals surface area contributed by atoms with E-state index in [0.29, 0.717) is 5.95 Å². The molecule has 72 valence electrons. The summed E-state index contributed by atoms with van der Waals surface area (Å²) >= 11 is 0. The minimum Gasteiger partial charge on any atom is -0.350 e. The van der Waals surface area contributed by atoms with Gasteiger partial charge in [0, 0.05) is 16.9 Å². The predicted octanol–water partition coefficient (Wildman–Crippen LogP) is 2.30. The Morgan fingerprint density at radius 2 is 1.54 bits per heavy atom. The summed E-state index contributed by atoms with van der Waals surface area (Å²) in [5.41, 5.74) is 2.01. The van der Waals surface area contributed by atoms with Crippen molar-refractivity contribution in [3.63, 3.8) is 0 Å². The van der Waals surface area contributed by atoms with Crippen molar-refractivity contribution in [3.8, 4) is 0 Å². The number of anilines is 1. The molecule has 0 aliphatic heterocycles. The van der Waals surface area contributed by atoms with Crippen LogP contribution in [0.1, 0.15) is 32.2 Å². The van der Waals surface area contributed by atoms with Gasteiger partial charge in [0.25, 0.3) is 0 Å². The highest BCUT2D eigenvalue weighted by molar-refractivity contribution is 5.30. The van der Waals surface area contributed by atoms with E-state index < -0.39 is 0 Å². The van der Waals surface area contributed by atoms with Crippen molar-refractivity contribution in [1.29, 1.82) is 0 Å². The van der Waals surface area contributed by atoms with Crippen molar-refractivity contribution in [2.24, 2.45) is 0 Å². The molecule has 0 aliphatic rings. The third-order valence-electron chi connectivity index (χ3n) is 1.47. The van der Waals surface area contributed by atoms with Gasteiger partial charge in [-0.15, -0.1) is 0 Å². The Morgan fingerprint density at radius 3 is 1.92 bits per heavy atom. The molecule has 0 spiro atoms. The summed E-state index contributed by atoms with van der Waals surface area (Å²) in [6.45, 7) is 10.2. The number of rotatable bonds is 1. The number of hydrogen-bond donors (Lipinski definition) is 1. The fraction of sp³-hybridized carbons (Fsp3) is 0.600. The summed E-state index contributed by atoms with van der Waals surface area (Å²) < 4.78 is 0. The molecule has 1 heterocycles. The minimum absolute atomic E-state index is 0.0141. The lowest BCUT2D eigenvalue weighted by Crippen LogP contribution is -2.27. The summed E-state index contributed by atoms with van der Waals surface area (Å²) in [5.74, 6) is 0.713. The topological polar surface area (TPSA) is 37.8 Å². The van der Waals surface area contributed by atoms with E-state index in [4.69, 9.17) is 0 Å². The van der Waals surface area contributed by atoms with Gasteiger partial charge in [-0.3, -0.25) is 0 Å². The molecule has 13 heavy (non-hydrogen) atoms. The molecule has 0 unspecified atom stereocenters. The molecule has 0 amide bonds. The Bertz CT molecular complexity index is 279. The molecule has 1 N–H and O–H groups in total. The molecule has 0 saturated carbocycles. The Balaban J connectivity index is 2.90. The Morgan fingerprint density at radius 1 is 1.08 bits per heavy atom. The molecular weight excluding hydrogens is 162 g/mol. The Labute approximate surface area is 79.6 Å². The van der Waals surface area contributed by atoms with Gasteiger partial charge in [0.2, 0.25) is 5.95 Å². The van der Waals surface area contributed by atoms with E-state index in [1.807, 2.05) is 19.9 Å². The van der Waals surface area contributed by atoms with Crippen molar-refractivity contribution in [2.75, 3.05) is 5.32 Å². The average Bonchev–Trinajstić information content (AvgIpc) is 1.78. The van der Waals surface area contributed by atoms with Crippen LogP contribution in [0.4, 0.5) is 5.95 Å². The number of nitrogens with one attached hydrogen (secondary N) is 1. The van der Waals surface area contributed by atoms with Crippen molar-refractivity contribution in [1.82, 2.24) is 9.97 Å². The normalized spacial score (nSPS) is 11.5. The quantitative estimate of drug-likeness (QED) is 0.718. The van der Waals surface area contributed by atoms with Gasteiger partial charge >= 0.3 is 0 Å². The van der Waals surface area contributed by atoms with E-state index in [-0.39, 0.29) is 5.54 Å². The number of aromatic nitrogens is 2. The zero-order chi connectivity index (χ0) is 10.1. The second-order valence-electron chi connectivity index (χ2n) is 4.35. The standard InChI is InChI=1S/C10H17N3/c1-7-6-8(2)12-9(11-7)13-10(3,4)5/h6H,1-5H3,(H,11,12,13). The lowest BCUT2D eigenvalue weighted by Gasteiger charge is -2.20. The first-order chi connectivity index (χ1) is 5.87. The van der Waals surface area contributed by atoms with E-state index in [2.05, 4.69) is 36.1 Å². The van der Waals surface area contributed by atoms with E-state index in [9.17, 15) is 0 Å². The van der Waals surface area contributed by atoms with Crippen LogP contribution in [0.3, 0.4) is 0 Å². The molecule has 0 atom stereocenters. The maximum atomic E-state index is 4.30. The predicted molar refractivity (Wildman–Crippen MR) is 54.9 cm³/mol. The lowest BCUT2D eigenvalue weighted by atomic mass is 10.1. The molecule has 0 saturated heterocycles. The molecule has 1 rings (SSSR count). The van der Waals surface area contributed by atoms with Gasteiger partial charge < -0.3 is 5.32 Å². The van der Waals surface area contributed by atoms with Crippen molar-refractivity contribution >= 4 is 5.95 Å². The minimum atomic E-state index is 0.0141. The van der Waals surface area contributed by atoms with Crippen LogP contribution >= 0.6 is 0 Å². The number of aryl methyl sites for hydroxylation is 2. The average molecular weight is 179 g/mol. The van der Waals surface area contributed by atoms with Crippen molar-refractivity contribution < 1.29 is 0 Å². The van der Waals surface area contributed by atoms with E-state index in [0.717, 1.165) is 11.4 Å². The van der Waals surface area contributed by atoms with Gasteiger partial charge in [0.05, 0.1) is 0 Å². The maximum Gasteiger partial charge on any atom is 0.223 e. The molecule has 0 bridgehead atoms. The van der Waals surface area contributed by atoms with Gasteiger partial charge in [0.15, 0.2) is 0 Å². The summed E-state index contributed by atoms with van der Waals surface area (Å²) in [7, 11) is 0. The van der Waals surface area contributed by atoms with Crippen LogP contribution in [0, 0.1) is 13.8 Å². The van der Waals surface area contributed by atoms with E-state index in [1.165, 1.54) is 0 Å². The molecule has 0 radical (unpaired) electrons. The van der Waals surface area contributed by atoms with Crippen LogP contribution in [0.2, 0.25) is 0 Å². The molecular formula is C10H17N3. The van der Waals surface area contributed by atoms with Gasteiger partial charge in [-0.25, -0.2) is 9.97 Å². The summed E-state index contributed by atoms with van der Waals surface area (Å²) in [6, 6.07) is 1.97. The van der Waals surface area contributed by atoms with Crippen LogP contribution in [0.25, 0.3) is 0 Å². The maximum absolute atomic E-state index is 4.30. The fourth-order valence-electron chi connectivity index (χ4n) is 1.12. The van der Waals surface area contributed by atoms with Crippen molar-refractivity contribution in [3.05, 3.63) is 17.5 Å². The van der Waals surface area contributed by atoms with Crippen LogP contribution < -0.4 is 5.32 Å². The monoisotopic (exact) mass is 179 g/mol. The first kappa shape index (κ1) is 9.96. The molecule has 3 nitrogen and oxygen atoms in total. The first-order valence-corrected chi connectivity index (χ1v) is 4.47. The highest BCUT2D eigenvalue weighted by Gasteiger charge is 2.11. The highest BCUT2D eigenvalue weighted by Crippen LogP contribution is 2.10. The third kappa shape index (κ3) is 3.40. The summed E-state index contributed by atoms with van der Waals surface area (Å²) in [6.07, 6.45) is 0. The van der Waals surface area contributed by atoms with Crippen LogP contribution in [0.15, 0.2) is 6.07 Å². The van der Waals surface area contributed by atoms with Gasteiger partial charge in [-0.1, -0.05) is 0 Å². The summed E-state index contributed by atoms with van der Waals surface area (Å²) in [4.78, 5) is 8.59. The Kier molecular flexibility index (Phi) is 2.55. The molecule has 0 fully saturated rings. The first-order valence-electron chi connectivity index (χ1n) is 4.47. The number of hydrogen-bond acceptors (Lipinski definition) is 3. The highest BCUT2D eigenvalue weighted by atomic mass is 15.1. The largest absolute Gasteiger partial charge is 0.350 e. The lowest BCUT2D eigenvalue weighted by molar-refractivity contribution is 0.625. The van der Waals surface area contributed by atoms with Crippen LogP contribution in [-0.4, -0.2) is 15.5 Å². The van der Waals surface area contributed by atoms with Crippen LogP contribution in [-0.2, 0) is 0 Å². The van der Waals surface area contributed by atoms with E-state index in [1.54, 1.807) is 0 Å². The Hall–Kier alpha value is -1.12. The zero-order valence-corrected chi connectivity index (χ0v) is 8.97. The van der Waals surface area contributed by atoms with Crippen molar-refractivity contribution in [2.45, 2.75) is 40.2 Å². The second-order valence-corrected chi connectivity index (χ2v) is 4.35. The summed E-state index contributed by atoms with van der Waals surface area (Å²) in [5, 5.41) is 3.24. The van der Waals surface area contributed by atoms with Gasteiger partial charge in [-0.2, -0.15) is 0 Å². The zero-order valence-electron chi connectivity index (χ0n) is 8.97. The number of nitrogens with zero attached hydrogens (tertiary/aromatic N) is 2. The van der Waals surface area contributed by atoms with Gasteiger partial charge in [-0.05, 0) is 40.7 Å².